The van der Waals surface area contributed by atoms with E-state index in [2.05, 4.69) is 55.3 Å². The second kappa shape index (κ2) is 12.4. The van der Waals surface area contributed by atoms with Crippen molar-refractivity contribution in [2.75, 3.05) is 32.7 Å². The van der Waals surface area contributed by atoms with Gasteiger partial charge in [0.15, 0.2) is 0 Å². The van der Waals surface area contributed by atoms with Gasteiger partial charge in [0.1, 0.15) is 0 Å². The number of hydrogen-bond donors (Lipinski definition) is 1. The molecular weight excluding hydrogens is 398 g/mol. The summed E-state index contributed by atoms with van der Waals surface area (Å²) in [5.74, 6) is 0.967. The molecule has 2 heterocycles. The maximum Gasteiger partial charge on any atom is 0.236 e. The van der Waals surface area contributed by atoms with Gasteiger partial charge in [-0.05, 0) is 49.1 Å². The van der Waals surface area contributed by atoms with Crippen LogP contribution in [-0.2, 0) is 16.0 Å². The molecule has 1 aromatic carbocycles. The largest absolute Gasteiger partial charge is 0.342 e. The van der Waals surface area contributed by atoms with Crippen LogP contribution in [0.4, 0.5) is 0 Å². The highest BCUT2D eigenvalue weighted by Crippen LogP contribution is 2.24. The number of benzene rings is 1. The Morgan fingerprint density at radius 2 is 1.56 bits per heavy atom. The van der Waals surface area contributed by atoms with Crippen LogP contribution in [-0.4, -0.2) is 54.3 Å². The number of carbonyl (C=O) groups is 2. The van der Waals surface area contributed by atoms with Crippen LogP contribution in [0.2, 0.25) is 0 Å². The Morgan fingerprint density at radius 1 is 0.938 bits per heavy atom. The van der Waals surface area contributed by atoms with E-state index in [4.69, 9.17) is 0 Å². The minimum Gasteiger partial charge on any atom is -0.342 e. The quantitative estimate of drug-likeness (QED) is 0.643. The highest BCUT2D eigenvalue weighted by atomic mass is 16.2. The van der Waals surface area contributed by atoms with Crippen LogP contribution in [0.25, 0.3) is 0 Å². The third-order valence-corrected chi connectivity index (χ3v) is 7.13. The lowest BCUT2D eigenvalue weighted by Crippen LogP contribution is -2.47. The molecule has 5 nitrogen and oxygen atoms in total. The molecule has 2 saturated heterocycles. The standard InChI is InChI=1S/C27H43N3O2/c1-4-9-22-10-12-23(13-11-22)26(21(2)3)28-20-25(31)29-18-14-24(15-19-29)27(32)30-16-7-5-6-8-17-30/h10-13,21,24,26,28H,4-9,14-20H2,1-3H3. The molecule has 1 N–H and O–H groups in total. The fourth-order valence-electron chi connectivity index (χ4n) is 5.15. The molecule has 0 aromatic heterocycles. The van der Waals surface area contributed by atoms with E-state index in [-0.39, 0.29) is 17.9 Å². The SMILES string of the molecule is CCCc1ccc(C(NCC(=O)N2CCC(C(=O)N3CCCCCC3)CC2)C(C)C)cc1. The lowest BCUT2D eigenvalue weighted by molar-refractivity contribution is -0.140. The van der Waals surface area contributed by atoms with E-state index in [0.717, 1.165) is 51.6 Å². The first-order valence-corrected chi connectivity index (χ1v) is 12.9. The molecule has 2 fully saturated rings. The smallest absolute Gasteiger partial charge is 0.236 e. The minimum absolute atomic E-state index is 0.0927. The Labute approximate surface area is 194 Å². The van der Waals surface area contributed by atoms with E-state index in [0.29, 0.717) is 31.5 Å². The van der Waals surface area contributed by atoms with Crippen molar-refractivity contribution in [1.29, 1.82) is 0 Å². The molecule has 0 radical (unpaired) electrons. The average molecular weight is 442 g/mol. The van der Waals surface area contributed by atoms with Crippen LogP contribution in [0.1, 0.15) is 82.9 Å². The number of piperidine rings is 1. The lowest BCUT2D eigenvalue weighted by Gasteiger charge is -2.34. The van der Waals surface area contributed by atoms with Crippen molar-refractivity contribution in [2.45, 2.75) is 78.2 Å². The zero-order chi connectivity index (χ0) is 22.9. The number of aryl methyl sites for hydroxylation is 1. The summed E-state index contributed by atoms with van der Waals surface area (Å²) in [5.41, 5.74) is 2.61. The second-order valence-electron chi connectivity index (χ2n) is 9.99. The van der Waals surface area contributed by atoms with E-state index in [1.807, 2.05) is 4.90 Å². The maximum absolute atomic E-state index is 12.9. The molecule has 3 rings (SSSR count). The minimum atomic E-state index is 0.0927. The molecule has 2 aliphatic heterocycles. The van der Waals surface area contributed by atoms with Gasteiger partial charge in [0.2, 0.25) is 11.8 Å². The molecule has 0 bridgehead atoms. The van der Waals surface area contributed by atoms with Crippen molar-refractivity contribution in [1.82, 2.24) is 15.1 Å². The summed E-state index contributed by atoms with van der Waals surface area (Å²) in [7, 11) is 0. The normalized spacial score (nSPS) is 19.1. The number of nitrogens with zero attached hydrogens (tertiary/aromatic N) is 2. The van der Waals surface area contributed by atoms with Crippen molar-refractivity contribution >= 4 is 11.8 Å². The first-order chi connectivity index (χ1) is 15.5. The molecule has 1 aromatic rings. The van der Waals surface area contributed by atoms with E-state index in [9.17, 15) is 9.59 Å². The van der Waals surface area contributed by atoms with Crippen LogP contribution in [0.5, 0.6) is 0 Å². The van der Waals surface area contributed by atoms with Crippen molar-refractivity contribution in [2.24, 2.45) is 11.8 Å². The molecule has 0 spiro atoms. The number of likely N-dealkylation sites (tertiary alicyclic amines) is 2. The average Bonchev–Trinajstić information content (AvgIpc) is 3.09. The Bertz CT molecular complexity index is 715. The predicted octanol–water partition coefficient (Wildman–Crippen LogP) is 4.57. The number of hydrogen-bond acceptors (Lipinski definition) is 3. The van der Waals surface area contributed by atoms with Crippen molar-refractivity contribution in [3.05, 3.63) is 35.4 Å². The second-order valence-corrected chi connectivity index (χ2v) is 9.99. The topological polar surface area (TPSA) is 52.7 Å². The van der Waals surface area contributed by atoms with Crippen LogP contribution < -0.4 is 5.32 Å². The number of amides is 2. The van der Waals surface area contributed by atoms with Gasteiger partial charge in [-0.3, -0.25) is 9.59 Å². The first kappa shape index (κ1) is 24.8. The molecule has 32 heavy (non-hydrogen) atoms. The summed E-state index contributed by atoms with van der Waals surface area (Å²) in [6, 6.07) is 8.99. The summed E-state index contributed by atoms with van der Waals surface area (Å²) < 4.78 is 0. The van der Waals surface area contributed by atoms with Crippen LogP contribution in [0.3, 0.4) is 0 Å². The third kappa shape index (κ3) is 6.81. The van der Waals surface area contributed by atoms with Crippen LogP contribution >= 0.6 is 0 Å². The van der Waals surface area contributed by atoms with Gasteiger partial charge in [0.05, 0.1) is 6.54 Å². The number of nitrogens with one attached hydrogen (secondary N) is 1. The van der Waals surface area contributed by atoms with Crippen LogP contribution in [0.15, 0.2) is 24.3 Å². The Hall–Kier alpha value is -1.88. The lowest BCUT2D eigenvalue weighted by atomic mass is 9.94. The Kier molecular flexibility index (Phi) is 9.58. The molecule has 1 unspecified atom stereocenters. The molecule has 5 heteroatoms. The summed E-state index contributed by atoms with van der Waals surface area (Å²) in [6.45, 7) is 10.2. The number of carbonyl (C=O) groups excluding carboxylic acids is 2. The van der Waals surface area contributed by atoms with Gasteiger partial charge in [-0.1, -0.05) is 64.3 Å². The van der Waals surface area contributed by atoms with Gasteiger partial charge < -0.3 is 15.1 Å². The predicted molar refractivity (Wildman–Crippen MR) is 130 cm³/mol. The number of rotatable bonds is 8. The Morgan fingerprint density at radius 3 is 2.12 bits per heavy atom. The van der Waals surface area contributed by atoms with Gasteiger partial charge >= 0.3 is 0 Å². The zero-order valence-corrected chi connectivity index (χ0v) is 20.4. The van der Waals surface area contributed by atoms with E-state index in [1.54, 1.807) is 0 Å². The molecule has 0 aliphatic carbocycles. The molecule has 178 valence electrons. The van der Waals surface area contributed by atoms with E-state index in [1.165, 1.54) is 24.0 Å². The summed E-state index contributed by atoms with van der Waals surface area (Å²) in [6.07, 6.45) is 8.60. The maximum atomic E-state index is 12.9. The van der Waals surface area contributed by atoms with Crippen molar-refractivity contribution < 1.29 is 9.59 Å². The Balaban J connectivity index is 1.47. The van der Waals surface area contributed by atoms with E-state index < -0.39 is 0 Å². The van der Waals surface area contributed by atoms with Gasteiger partial charge in [0, 0.05) is 38.1 Å². The molecule has 2 amide bonds. The van der Waals surface area contributed by atoms with Crippen molar-refractivity contribution in [3.8, 4) is 0 Å². The van der Waals surface area contributed by atoms with Gasteiger partial charge in [-0.25, -0.2) is 0 Å². The summed E-state index contributed by atoms with van der Waals surface area (Å²) in [4.78, 5) is 29.8. The molecule has 2 aliphatic rings. The van der Waals surface area contributed by atoms with Gasteiger partial charge in [-0.15, -0.1) is 0 Å². The highest BCUT2D eigenvalue weighted by molar-refractivity contribution is 5.81. The van der Waals surface area contributed by atoms with E-state index >= 15 is 0 Å². The van der Waals surface area contributed by atoms with Crippen molar-refractivity contribution in [3.63, 3.8) is 0 Å². The van der Waals surface area contributed by atoms with Gasteiger partial charge in [-0.2, -0.15) is 0 Å². The molecule has 1 atom stereocenters. The summed E-state index contributed by atoms with van der Waals surface area (Å²) in [5, 5.41) is 3.51. The molecule has 0 saturated carbocycles. The first-order valence-electron chi connectivity index (χ1n) is 12.9. The fraction of sp³-hybridized carbons (Fsp3) is 0.704. The van der Waals surface area contributed by atoms with Gasteiger partial charge in [0.25, 0.3) is 0 Å². The molecular formula is C27H43N3O2. The third-order valence-electron chi connectivity index (χ3n) is 7.13. The zero-order valence-electron chi connectivity index (χ0n) is 20.4. The van der Waals surface area contributed by atoms with Crippen LogP contribution in [0, 0.1) is 11.8 Å². The highest BCUT2D eigenvalue weighted by Gasteiger charge is 2.30. The summed E-state index contributed by atoms with van der Waals surface area (Å²) >= 11 is 0. The fourth-order valence-corrected chi connectivity index (χ4v) is 5.15. The monoisotopic (exact) mass is 441 g/mol.